The molecule has 0 saturated heterocycles. The van der Waals surface area contributed by atoms with Gasteiger partial charge in [0.25, 0.3) is 5.91 Å². The highest BCUT2D eigenvalue weighted by Gasteiger charge is 2.16. The molecule has 1 N–H and O–H groups in total. The number of hydrazone groups is 1. The number of aryl methyl sites for hydroxylation is 1. The maximum atomic E-state index is 12.8. The molecule has 0 saturated carbocycles. The fourth-order valence-electron chi connectivity index (χ4n) is 3.37. The summed E-state index contributed by atoms with van der Waals surface area (Å²) < 4.78 is 11.2. The number of ether oxygens (including phenoxy) is 2. The van der Waals surface area contributed by atoms with Crippen LogP contribution in [0.3, 0.4) is 0 Å². The van der Waals surface area contributed by atoms with Crippen LogP contribution in [0.25, 0.3) is 10.8 Å². The molecule has 35 heavy (non-hydrogen) atoms. The Morgan fingerprint density at radius 3 is 2.51 bits per heavy atom. The highest BCUT2D eigenvalue weighted by molar-refractivity contribution is 6.36. The van der Waals surface area contributed by atoms with Crippen molar-refractivity contribution in [2.75, 3.05) is 6.61 Å². The number of nitrogens with zero attached hydrogens (tertiary/aromatic N) is 1. The lowest BCUT2D eigenvalue weighted by Crippen LogP contribution is -2.24. The third kappa shape index (κ3) is 5.98. The van der Waals surface area contributed by atoms with Gasteiger partial charge in [-0.05, 0) is 53.6 Å². The third-order valence-electron chi connectivity index (χ3n) is 5.12. The third-order valence-corrected chi connectivity index (χ3v) is 5.67. The summed E-state index contributed by atoms with van der Waals surface area (Å²) in [6, 6.07) is 23.0. The fourth-order valence-corrected chi connectivity index (χ4v) is 3.86. The minimum Gasteiger partial charge on any atom is -0.483 e. The minimum atomic E-state index is -0.646. The molecule has 0 radical (unpaired) electrons. The van der Waals surface area contributed by atoms with Crippen LogP contribution >= 0.6 is 23.2 Å². The van der Waals surface area contributed by atoms with E-state index in [0.717, 1.165) is 16.3 Å². The van der Waals surface area contributed by atoms with Crippen molar-refractivity contribution in [3.05, 3.63) is 106 Å². The number of nitrogens with one attached hydrogen (secondary N) is 1. The molecular formula is C27H20Cl2N2O4. The lowest BCUT2D eigenvalue weighted by Gasteiger charge is -2.11. The Balaban J connectivity index is 1.53. The molecule has 4 rings (SSSR count). The summed E-state index contributed by atoms with van der Waals surface area (Å²) in [6.07, 6.45) is 1.43. The molecule has 0 aliphatic carbocycles. The second-order valence-corrected chi connectivity index (χ2v) is 8.40. The molecule has 0 spiro atoms. The monoisotopic (exact) mass is 506 g/mol. The number of rotatable bonds is 7. The predicted molar refractivity (Wildman–Crippen MR) is 138 cm³/mol. The van der Waals surface area contributed by atoms with Crippen molar-refractivity contribution in [2.45, 2.75) is 6.92 Å². The number of halogens is 2. The lowest BCUT2D eigenvalue weighted by atomic mass is 10.0. The van der Waals surface area contributed by atoms with E-state index in [4.69, 9.17) is 32.7 Å². The van der Waals surface area contributed by atoms with Gasteiger partial charge in [0.05, 0.1) is 16.8 Å². The largest absolute Gasteiger partial charge is 0.483 e. The van der Waals surface area contributed by atoms with E-state index >= 15 is 0 Å². The average Bonchev–Trinajstić information content (AvgIpc) is 2.84. The Hall–Kier alpha value is -3.87. The molecule has 0 atom stereocenters. The smallest absolute Gasteiger partial charge is 0.345 e. The normalized spacial score (nSPS) is 10.9. The van der Waals surface area contributed by atoms with E-state index in [1.165, 1.54) is 18.3 Å². The first kappa shape index (κ1) is 24.3. The molecule has 4 aromatic rings. The van der Waals surface area contributed by atoms with Gasteiger partial charge < -0.3 is 9.47 Å². The molecule has 0 fully saturated rings. The summed E-state index contributed by atoms with van der Waals surface area (Å²) in [5.41, 5.74) is 4.06. The second kappa shape index (κ2) is 11.0. The summed E-state index contributed by atoms with van der Waals surface area (Å²) in [5, 5.41) is 6.34. The number of carbonyl (C=O) groups is 2. The highest BCUT2D eigenvalue weighted by atomic mass is 35.5. The van der Waals surface area contributed by atoms with Gasteiger partial charge in [0, 0.05) is 10.6 Å². The molecule has 0 aliphatic rings. The number of hydrogen-bond acceptors (Lipinski definition) is 5. The molecule has 0 bridgehead atoms. The fraction of sp³-hybridized carbons (Fsp3) is 0.0741. The highest BCUT2D eigenvalue weighted by Crippen LogP contribution is 2.29. The average molecular weight is 507 g/mol. The summed E-state index contributed by atoms with van der Waals surface area (Å²) in [4.78, 5) is 25.0. The molecule has 1 amide bonds. The standard InChI is InChI=1S/C27H20Cl2N2O4/c1-17-6-2-5-9-24(17)34-16-26(32)31-30-15-22-20-8-4-3-7-18(20)10-13-25(22)35-27(33)21-12-11-19(28)14-23(21)29/h2-15H,16H2,1H3,(H,31,32). The molecular weight excluding hydrogens is 487 g/mol. The molecule has 4 aromatic carbocycles. The van der Waals surface area contributed by atoms with Gasteiger partial charge >= 0.3 is 5.97 Å². The number of hydrogen-bond donors (Lipinski definition) is 1. The molecule has 176 valence electrons. The quantitative estimate of drug-likeness (QED) is 0.140. The summed E-state index contributed by atoms with van der Waals surface area (Å²) >= 11 is 12.1. The van der Waals surface area contributed by atoms with E-state index < -0.39 is 11.9 Å². The SMILES string of the molecule is Cc1ccccc1OCC(=O)NN=Cc1c(OC(=O)c2ccc(Cl)cc2Cl)ccc2ccccc12. The summed E-state index contributed by atoms with van der Waals surface area (Å²) in [6.45, 7) is 1.70. The van der Waals surface area contributed by atoms with Crippen LogP contribution in [0.1, 0.15) is 21.5 Å². The summed E-state index contributed by atoms with van der Waals surface area (Å²) in [7, 11) is 0. The van der Waals surface area contributed by atoms with Crippen LogP contribution in [0.15, 0.2) is 84.0 Å². The molecule has 6 nitrogen and oxygen atoms in total. The lowest BCUT2D eigenvalue weighted by molar-refractivity contribution is -0.123. The Morgan fingerprint density at radius 1 is 0.943 bits per heavy atom. The van der Waals surface area contributed by atoms with Gasteiger partial charge in [0.2, 0.25) is 0 Å². The van der Waals surface area contributed by atoms with Gasteiger partial charge in [-0.15, -0.1) is 0 Å². The van der Waals surface area contributed by atoms with Gasteiger partial charge in [-0.25, -0.2) is 10.2 Å². The minimum absolute atomic E-state index is 0.175. The molecule has 8 heteroatoms. The second-order valence-electron chi connectivity index (χ2n) is 7.56. The Morgan fingerprint density at radius 2 is 1.71 bits per heavy atom. The number of amides is 1. The summed E-state index contributed by atoms with van der Waals surface area (Å²) in [5.74, 6) is -0.201. The number of benzene rings is 4. The van der Waals surface area contributed by atoms with Crippen molar-refractivity contribution >= 4 is 52.1 Å². The zero-order chi connectivity index (χ0) is 24.8. The van der Waals surface area contributed by atoms with Gasteiger partial charge in [-0.3, -0.25) is 4.79 Å². The van der Waals surface area contributed by atoms with Crippen molar-refractivity contribution in [3.8, 4) is 11.5 Å². The van der Waals surface area contributed by atoms with Crippen molar-refractivity contribution < 1.29 is 19.1 Å². The van der Waals surface area contributed by atoms with Crippen molar-refractivity contribution in [1.82, 2.24) is 5.43 Å². The topological polar surface area (TPSA) is 77.0 Å². The first-order valence-electron chi connectivity index (χ1n) is 10.6. The number of esters is 1. The number of fused-ring (bicyclic) bond motifs is 1. The van der Waals surface area contributed by atoms with Gasteiger partial charge in [0.1, 0.15) is 11.5 Å². The van der Waals surface area contributed by atoms with Crippen LogP contribution in [-0.2, 0) is 4.79 Å². The van der Waals surface area contributed by atoms with E-state index in [1.807, 2.05) is 55.5 Å². The molecule has 0 unspecified atom stereocenters. The maximum absolute atomic E-state index is 12.8. The molecule has 0 aliphatic heterocycles. The van der Waals surface area contributed by atoms with Crippen LogP contribution in [0.5, 0.6) is 11.5 Å². The van der Waals surface area contributed by atoms with Crippen LogP contribution in [0, 0.1) is 6.92 Å². The van der Waals surface area contributed by atoms with Crippen molar-refractivity contribution in [3.63, 3.8) is 0 Å². The Bertz CT molecular complexity index is 1440. The van der Waals surface area contributed by atoms with Crippen LogP contribution in [-0.4, -0.2) is 24.7 Å². The van der Waals surface area contributed by atoms with Gasteiger partial charge in [-0.2, -0.15) is 5.10 Å². The van der Waals surface area contributed by atoms with Crippen LogP contribution < -0.4 is 14.9 Å². The Labute approximate surface area is 212 Å². The van der Waals surface area contributed by atoms with Gasteiger partial charge in [-0.1, -0.05) is 71.7 Å². The zero-order valence-corrected chi connectivity index (χ0v) is 20.1. The van der Waals surface area contributed by atoms with E-state index in [1.54, 1.807) is 18.2 Å². The van der Waals surface area contributed by atoms with Crippen LogP contribution in [0.2, 0.25) is 10.0 Å². The molecule has 0 heterocycles. The first-order valence-corrected chi connectivity index (χ1v) is 11.4. The van der Waals surface area contributed by atoms with Crippen molar-refractivity contribution in [2.24, 2.45) is 5.10 Å². The van der Waals surface area contributed by atoms with Crippen LogP contribution in [0.4, 0.5) is 0 Å². The predicted octanol–water partition coefficient (Wildman–Crippen LogP) is 6.20. The number of carbonyl (C=O) groups excluding carboxylic acids is 2. The number of para-hydroxylation sites is 1. The zero-order valence-electron chi connectivity index (χ0n) is 18.6. The maximum Gasteiger partial charge on any atom is 0.345 e. The Kier molecular flexibility index (Phi) is 7.65. The van der Waals surface area contributed by atoms with E-state index in [9.17, 15) is 9.59 Å². The van der Waals surface area contributed by atoms with E-state index in [2.05, 4.69) is 10.5 Å². The van der Waals surface area contributed by atoms with E-state index in [-0.39, 0.29) is 22.9 Å². The van der Waals surface area contributed by atoms with E-state index in [0.29, 0.717) is 16.3 Å². The van der Waals surface area contributed by atoms with Crippen molar-refractivity contribution in [1.29, 1.82) is 0 Å². The first-order chi connectivity index (χ1) is 16.9. The molecule has 0 aromatic heterocycles. The van der Waals surface area contributed by atoms with Gasteiger partial charge in [0.15, 0.2) is 6.61 Å².